The minimum Gasteiger partial charge on any atom is -0.334 e. The molecule has 1 aromatic rings. The Kier molecular flexibility index (Phi) is 4.62. The van der Waals surface area contributed by atoms with Crippen molar-refractivity contribution in [2.75, 3.05) is 11.9 Å². The molecule has 2 nitrogen and oxygen atoms in total. The van der Waals surface area contributed by atoms with Crippen LogP contribution in [-0.2, 0) is 0 Å². The summed E-state index contributed by atoms with van der Waals surface area (Å²) in [6.07, 6.45) is 1.20. The summed E-state index contributed by atoms with van der Waals surface area (Å²) in [7, 11) is 0. The molecular formula is C15H21BrN2S. The maximum Gasteiger partial charge on any atom is 0.161 e. The molecule has 0 radical (unpaired) electrons. The van der Waals surface area contributed by atoms with Gasteiger partial charge in [-0.1, -0.05) is 38.6 Å². The Hall–Kier alpha value is -0.480. The fraction of sp³-hybridized carbons (Fsp3) is 0.533. The summed E-state index contributed by atoms with van der Waals surface area (Å²) in [5.41, 5.74) is 2.72. The maximum atomic E-state index is 4.62. The summed E-state index contributed by atoms with van der Waals surface area (Å²) < 4.78 is 1.08. The van der Waals surface area contributed by atoms with Gasteiger partial charge < -0.3 is 5.32 Å². The number of nitrogens with zero attached hydrogens (tertiary/aromatic N) is 1. The zero-order chi connectivity index (χ0) is 14.0. The molecule has 19 heavy (non-hydrogen) atoms. The fourth-order valence-electron chi connectivity index (χ4n) is 2.13. The van der Waals surface area contributed by atoms with Crippen molar-refractivity contribution in [3.8, 4) is 0 Å². The maximum absolute atomic E-state index is 4.62. The van der Waals surface area contributed by atoms with Gasteiger partial charge in [-0.2, -0.15) is 0 Å². The summed E-state index contributed by atoms with van der Waals surface area (Å²) in [5.74, 6) is 0. The molecule has 1 aliphatic heterocycles. The molecule has 1 aromatic carbocycles. The summed E-state index contributed by atoms with van der Waals surface area (Å²) in [4.78, 5) is 4.62. The fourth-order valence-corrected chi connectivity index (χ4v) is 3.84. The van der Waals surface area contributed by atoms with Crippen molar-refractivity contribution in [2.45, 2.75) is 39.4 Å². The number of halogens is 1. The number of hydrogen-bond donors (Lipinski definition) is 1. The van der Waals surface area contributed by atoms with Gasteiger partial charge >= 0.3 is 0 Å². The highest BCUT2D eigenvalue weighted by atomic mass is 79.9. The number of aryl methyl sites for hydroxylation is 1. The minimum atomic E-state index is 0.368. The molecular weight excluding hydrogens is 320 g/mol. The Bertz CT molecular complexity index is 491. The van der Waals surface area contributed by atoms with E-state index in [2.05, 4.69) is 72.1 Å². The molecule has 1 heterocycles. The van der Waals surface area contributed by atoms with Crippen molar-refractivity contribution in [1.29, 1.82) is 0 Å². The van der Waals surface area contributed by atoms with E-state index in [0.717, 1.165) is 21.9 Å². The predicted molar refractivity (Wildman–Crippen MR) is 90.3 cm³/mol. The number of benzene rings is 1. The van der Waals surface area contributed by atoms with Crippen molar-refractivity contribution < 1.29 is 0 Å². The highest BCUT2D eigenvalue weighted by molar-refractivity contribution is 9.10. The standard InChI is InChI=1S/C15H21BrN2S/c1-10-5-6-12(16)13(7-10)18-14-17-9-11(19-14)8-15(2,3)4/h5-7,11H,8-9H2,1-4H3,(H,17,18). The number of amidine groups is 1. The number of anilines is 1. The van der Waals surface area contributed by atoms with Crippen LogP contribution >= 0.6 is 27.7 Å². The summed E-state index contributed by atoms with van der Waals surface area (Å²) >= 11 is 5.44. The van der Waals surface area contributed by atoms with E-state index in [4.69, 9.17) is 0 Å². The molecule has 1 aliphatic rings. The Balaban J connectivity index is 1.97. The molecule has 2 rings (SSSR count). The molecule has 0 saturated carbocycles. The molecule has 0 amide bonds. The van der Waals surface area contributed by atoms with Crippen LogP contribution in [0.25, 0.3) is 0 Å². The predicted octanol–water partition coefficient (Wildman–Crippen LogP) is 5.08. The van der Waals surface area contributed by atoms with Gasteiger partial charge in [-0.25, -0.2) is 0 Å². The lowest BCUT2D eigenvalue weighted by molar-refractivity contribution is 0.375. The number of aliphatic imine (C=N–C) groups is 1. The van der Waals surface area contributed by atoms with Crippen LogP contribution in [0, 0.1) is 12.3 Å². The van der Waals surface area contributed by atoms with E-state index in [1.54, 1.807) is 0 Å². The lowest BCUT2D eigenvalue weighted by atomic mass is 9.90. The van der Waals surface area contributed by atoms with Gasteiger partial charge in [0.15, 0.2) is 5.17 Å². The molecule has 0 saturated heterocycles. The quantitative estimate of drug-likeness (QED) is 0.811. The number of hydrogen-bond acceptors (Lipinski definition) is 3. The highest BCUT2D eigenvalue weighted by Crippen LogP contribution is 2.33. The van der Waals surface area contributed by atoms with Crippen LogP contribution in [0.5, 0.6) is 0 Å². The average Bonchev–Trinajstić information content (AvgIpc) is 2.68. The zero-order valence-corrected chi connectivity index (χ0v) is 14.4. The molecule has 0 spiro atoms. The second-order valence-electron chi connectivity index (χ2n) is 6.26. The highest BCUT2D eigenvalue weighted by Gasteiger charge is 2.25. The third kappa shape index (κ3) is 4.53. The lowest BCUT2D eigenvalue weighted by Gasteiger charge is -2.21. The average molecular weight is 341 g/mol. The molecule has 1 N–H and O–H groups in total. The largest absolute Gasteiger partial charge is 0.334 e. The van der Waals surface area contributed by atoms with Gasteiger partial charge in [0.2, 0.25) is 0 Å². The Morgan fingerprint density at radius 1 is 1.42 bits per heavy atom. The Labute approximate surface area is 128 Å². The van der Waals surface area contributed by atoms with E-state index in [-0.39, 0.29) is 0 Å². The first-order valence-electron chi connectivity index (χ1n) is 6.58. The summed E-state index contributed by atoms with van der Waals surface area (Å²) in [6, 6.07) is 6.32. The van der Waals surface area contributed by atoms with Crippen LogP contribution in [0.15, 0.2) is 27.7 Å². The smallest absolute Gasteiger partial charge is 0.161 e. The molecule has 0 aromatic heterocycles. The second kappa shape index (κ2) is 5.88. The van der Waals surface area contributed by atoms with Crippen molar-refractivity contribution in [1.82, 2.24) is 0 Å². The normalized spacial score (nSPS) is 19.4. The van der Waals surface area contributed by atoms with Crippen molar-refractivity contribution in [3.05, 3.63) is 28.2 Å². The van der Waals surface area contributed by atoms with E-state index < -0.39 is 0 Å². The summed E-state index contributed by atoms with van der Waals surface area (Å²) in [6.45, 7) is 9.89. The molecule has 104 valence electrons. The molecule has 0 bridgehead atoms. The topological polar surface area (TPSA) is 24.4 Å². The van der Waals surface area contributed by atoms with Crippen molar-refractivity contribution >= 4 is 38.5 Å². The van der Waals surface area contributed by atoms with Crippen LogP contribution < -0.4 is 5.32 Å². The first-order valence-corrected chi connectivity index (χ1v) is 8.25. The third-order valence-corrected chi connectivity index (χ3v) is 4.72. The molecule has 1 atom stereocenters. The van der Waals surface area contributed by atoms with Crippen LogP contribution in [-0.4, -0.2) is 17.0 Å². The van der Waals surface area contributed by atoms with Crippen LogP contribution in [0.2, 0.25) is 0 Å². The lowest BCUT2D eigenvalue weighted by Crippen LogP contribution is -2.16. The van der Waals surface area contributed by atoms with Crippen molar-refractivity contribution in [3.63, 3.8) is 0 Å². The number of thioether (sulfide) groups is 1. The Morgan fingerprint density at radius 3 is 2.84 bits per heavy atom. The van der Waals surface area contributed by atoms with E-state index >= 15 is 0 Å². The monoisotopic (exact) mass is 340 g/mol. The zero-order valence-electron chi connectivity index (χ0n) is 12.0. The first kappa shape index (κ1) is 14.9. The molecule has 4 heteroatoms. The van der Waals surface area contributed by atoms with Gasteiger partial charge in [0.1, 0.15) is 0 Å². The Morgan fingerprint density at radius 2 is 2.16 bits per heavy atom. The summed E-state index contributed by atoms with van der Waals surface area (Å²) in [5, 5.41) is 5.08. The van der Waals surface area contributed by atoms with Crippen molar-refractivity contribution in [2.24, 2.45) is 10.4 Å². The van der Waals surface area contributed by atoms with E-state index in [1.807, 2.05) is 11.8 Å². The van der Waals surface area contributed by atoms with Crippen LogP contribution in [0.4, 0.5) is 5.69 Å². The van der Waals surface area contributed by atoms with E-state index in [9.17, 15) is 0 Å². The van der Waals surface area contributed by atoms with Gasteiger partial charge in [0, 0.05) is 9.72 Å². The van der Waals surface area contributed by atoms with E-state index in [0.29, 0.717) is 10.7 Å². The van der Waals surface area contributed by atoms with Gasteiger partial charge in [-0.05, 0) is 52.4 Å². The first-order chi connectivity index (χ1) is 8.83. The number of nitrogens with one attached hydrogen (secondary N) is 1. The minimum absolute atomic E-state index is 0.368. The SMILES string of the molecule is Cc1ccc(Br)c(NC2=NCC(CC(C)(C)C)S2)c1. The third-order valence-electron chi connectivity index (χ3n) is 2.92. The molecule has 1 unspecified atom stereocenters. The number of rotatable bonds is 2. The molecule has 0 fully saturated rings. The van der Waals surface area contributed by atoms with Crippen LogP contribution in [0.3, 0.4) is 0 Å². The van der Waals surface area contributed by atoms with Crippen LogP contribution in [0.1, 0.15) is 32.8 Å². The van der Waals surface area contributed by atoms with E-state index in [1.165, 1.54) is 12.0 Å². The second-order valence-corrected chi connectivity index (χ2v) is 8.40. The molecule has 0 aliphatic carbocycles. The van der Waals surface area contributed by atoms with Gasteiger partial charge in [0.05, 0.1) is 12.2 Å². The van der Waals surface area contributed by atoms with Gasteiger partial charge in [-0.15, -0.1) is 0 Å². The van der Waals surface area contributed by atoms with Gasteiger partial charge in [-0.3, -0.25) is 4.99 Å². The van der Waals surface area contributed by atoms with Gasteiger partial charge in [0.25, 0.3) is 0 Å².